The average molecular weight is 408 g/mol. The van der Waals surface area contributed by atoms with Gasteiger partial charge in [0, 0.05) is 24.4 Å². The van der Waals surface area contributed by atoms with Gasteiger partial charge in [0.05, 0.1) is 4.92 Å². The van der Waals surface area contributed by atoms with Gasteiger partial charge in [0.15, 0.2) is 0 Å². The van der Waals surface area contributed by atoms with Gasteiger partial charge in [-0.05, 0) is 37.0 Å². The van der Waals surface area contributed by atoms with Crippen LogP contribution in [-0.2, 0) is 21.5 Å². The number of nitro benzene ring substituents is 1. The molecule has 1 saturated heterocycles. The molecule has 0 saturated carbocycles. The molecule has 2 aromatic rings. The van der Waals surface area contributed by atoms with Crippen LogP contribution in [0.15, 0.2) is 48.5 Å². The van der Waals surface area contributed by atoms with Gasteiger partial charge in [0.25, 0.3) is 11.6 Å². The van der Waals surface area contributed by atoms with Crippen molar-refractivity contribution in [3.8, 4) is 0 Å². The fourth-order valence-electron chi connectivity index (χ4n) is 3.98. The summed E-state index contributed by atoms with van der Waals surface area (Å²) in [6, 6.07) is 12.4. The fraction of sp³-hybridized carbons (Fsp3) is 0.286. The third kappa shape index (κ3) is 3.18. The summed E-state index contributed by atoms with van der Waals surface area (Å²) in [4.78, 5) is 51.6. The molecule has 4 rings (SSSR count). The Hall–Kier alpha value is -3.75. The van der Waals surface area contributed by atoms with E-state index in [9.17, 15) is 24.5 Å². The predicted molar refractivity (Wildman–Crippen MR) is 108 cm³/mol. The highest BCUT2D eigenvalue weighted by molar-refractivity contribution is 6.10. The number of carbonyl (C=O) groups excluding carboxylic acids is 3. The lowest BCUT2D eigenvalue weighted by Gasteiger charge is -2.30. The maximum atomic E-state index is 13.1. The highest BCUT2D eigenvalue weighted by Gasteiger charge is 2.50. The number of benzene rings is 2. The molecule has 30 heavy (non-hydrogen) atoms. The number of non-ortho nitro benzene ring substituents is 1. The molecule has 0 spiro atoms. The first-order valence-electron chi connectivity index (χ1n) is 9.58. The Labute approximate surface area is 172 Å². The van der Waals surface area contributed by atoms with Gasteiger partial charge >= 0.3 is 6.03 Å². The zero-order valence-corrected chi connectivity index (χ0v) is 16.3. The molecule has 2 aromatic carbocycles. The Morgan fingerprint density at radius 3 is 2.73 bits per heavy atom. The molecule has 9 nitrogen and oxygen atoms in total. The standard InChI is InChI=1S/C21H20N4O5/c1-21(15-8-4-9-16(12-15)25(29)30)19(27)24(20(28)22-21)13-18(26)23-11-5-7-14-6-2-3-10-17(14)23/h2-4,6,8-10,12H,5,7,11,13H2,1H3,(H,22,28). The van der Waals surface area contributed by atoms with Gasteiger partial charge in [-0.2, -0.15) is 0 Å². The van der Waals surface area contributed by atoms with Crippen molar-refractivity contribution in [2.45, 2.75) is 25.3 Å². The fourth-order valence-corrected chi connectivity index (χ4v) is 3.98. The molecule has 1 fully saturated rings. The first-order valence-corrected chi connectivity index (χ1v) is 9.58. The molecule has 0 radical (unpaired) electrons. The van der Waals surface area contributed by atoms with Gasteiger partial charge in [0.1, 0.15) is 12.1 Å². The van der Waals surface area contributed by atoms with Crippen LogP contribution in [0.4, 0.5) is 16.2 Å². The summed E-state index contributed by atoms with van der Waals surface area (Å²) in [6.45, 7) is 1.60. The van der Waals surface area contributed by atoms with Crippen LogP contribution >= 0.6 is 0 Å². The molecular formula is C21H20N4O5. The first-order chi connectivity index (χ1) is 14.3. The topological polar surface area (TPSA) is 113 Å². The van der Waals surface area contributed by atoms with Crippen LogP contribution < -0.4 is 10.2 Å². The van der Waals surface area contributed by atoms with Crippen LogP contribution in [-0.4, -0.2) is 40.8 Å². The minimum Gasteiger partial charge on any atom is -0.319 e. The SMILES string of the molecule is CC1(c2cccc([N+](=O)[O-])c2)NC(=O)N(CC(=O)N2CCCc3ccccc32)C1=O. The van der Waals surface area contributed by atoms with E-state index in [2.05, 4.69) is 5.32 Å². The Kier molecular flexibility index (Phi) is 4.73. The lowest BCUT2D eigenvalue weighted by atomic mass is 9.91. The van der Waals surface area contributed by atoms with E-state index in [1.807, 2.05) is 24.3 Å². The van der Waals surface area contributed by atoms with Crippen LogP contribution in [0.3, 0.4) is 0 Å². The number of para-hydroxylation sites is 1. The van der Waals surface area contributed by atoms with Gasteiger partial charge in [-0.25, -0.2) is 4.79 Å². The molecule has 1 unspecified atom stereocenters. The second kappa shape index (κ2) is 7.25. The van der Waals surface area contributed by atoms with E-state index in [1.54, 1.807) is 4.90 Å². The van der Waals surface area contributed by atoms with E-state index < -0.39 is 28.9 Å². The quantitative estimate of drug-likeness (QED) is 0.474. The Balaban J connectivity index is 1.57. The van der Waals surface area contributed by atoms with E-state index >= 15 is 0 Å². The molecule has 1 atom stereocenters. The molecule has 2 aliphatic heterocycles. The molecule has 0 bridgehead atoms. The zero-order chi connectivity index (χ0) is 21.5. The number of nitrogens with zero attached hydrogens (tertiary/aromatic N) is 3. The van der Waals surface area contributed by atoms with Crippen LogP contribution in [0.25, 0.3) is 0 Å². The number of carbonyl (C=O) groups is 3. The highest BCUT2D eigenvalue weighted by atomic mass is 16.6. The van der Waals surface area contributed by atoms with Crippen molar-refractivity contribution in [3.63, 3.8) is 0 Å². The first kappa shape index (κ1) is 19.6. The molecule has 0 aromatic heterocycles. The summed E-state index contributed by atoms with van der Waals surface area (Å²) in [6.07, 6.45) is 1.67. The maximum Gasteiger partial charge on any atom is 0.325 e. The van der Waals surface area contributed by atoms with Crippen molar-refractivity contribution < 1.29 is 19.3 Å². The van der Waals surface area contributed by atoms with Crippen molar-refractivity contribution in [3.05, 3.63) is 69.8 Å². The second-order valence-electron chi connectivity index (χ2n) is 7.53. The number of hydrogen-bond donors (Lipinski definition) is 1. The Bertz CT molecular complexity index is 1070. The minimum atomic E-state index is -1.48. The van der Waals surface area contributed by atoms with Crippen LogP contribution in [0.1, 0.15) is 24.5 Å². The molecule has 9 heteroatoms. The number of rotatable bonds is 4. The summed E-state index contributed by atoms with van der Waals surface area (Å²) in [5.41, 5.74) is 0.463. The molecule has 1 N–H and O–H groups in total. The number of hydrogen-bond acceptors (Lipinski definition) is 5. The van der Waals surface area contributed by atoms with Gasteiger partial charge in [-0.1, -0.05) is 30.3 Å². The van der Waals surface area contributed by atoms with Gasteiger partial charge in [-0.15, -0.1) is 0 Å². The monoisotopic (exact) mass is 408 g/mol. The van der Waals surface area contributed by atoms with Crippen LogP contribution in [0, 0.1) is 10.1 Å². The van der Waals surface area contributed by atoms with Gasteiger partial charge in [-0.3, -0.25) is 24.6 Å². The largest absolute Gasteiger partial charge is 0.325 e. The molecule has 0 aliphatic carbocycles. The number of anilines is 1. The van der Waals surface area contributed by atoms with Crippen molar-refractivity contribution in [1.82, 2.24) is 10.2 Å². The van der Waals surface area contributed by atoms with E-state index in [0.717, 1.165) is 29.0 Å². The Morgan fingerprint density at radius 2 is 1.97 bits per heavy atom. The van der Waals surface area contributed by atoms with Crippen molar-refractivity contribution in [2.75, 3.05) is 18.0 Å². The number of nitro groups is 1. The Morgan fingerprint density at radius 1 is 1.20 bits per heavy atom. The van der Waals surface area contributed by atoms with E-state index in [0.29, 0.717) is 6.54 Å². The summed E-state index contributed by atoms with van der Waals surface area (Å²) in [5.74, 6) is -0.972. The summed E-state index contributed by atoms with van der Waals surface area (Å²) < 4.78 is 0. The van der Waals surface area contributed by atoms with Crippen LogP contribution in [0.5, 0.6) is 0 Å². The number of fused-ring (bicyclic) bond motifs is 1. The van der Waals surface area contributed by atoms with E-state index in [1.165, 1.54) is 31.2 Å². The molecule has 2 heterocycles. The van der Waals surface area contributed by atoms with Crippen LogP contribution in [0.2, 0.25) is 0 Å². The summed E-state index contributed by atoms with van der Waals surface area (Å²) >= 11 is 0. The molecular weight excluding hydrogens is 388 g/mol. The number of amides is 4. The van der Waals surface area contributed by atoms with Gasteiger partial charge < -0.3 is 10.2 Å². The third-order valence-corrected chi connectivity index (χ3v) is 5.61. The second-order valence-corrected chi connectivity index (χ2v) is 7.53. The number of urea groups is 1. The summed E-state index contributed by atoms with van der Waals surface area (Å²) in [7, 11) is 0. The van der Waals surface area contributed by atoms with E-state index in [4.69, 9.17) is 0 Å². The van der Waals surface area contributed by atoms with Crippen molar-refractivity contribution >= 4 is 29.2 Å². The molecule has 2 aliphatic rings. The lowest BCUT2D eigenvalue weighted by molar-refractivity contribution is -0.385. The lowest BCUT2D eigenvalue weighted by Crippen LogP contribution is -2.46. The zero-order valence-electron chi connectivity index (χ0n) is 16.3. The normalized spacial score (nSPS) is 20.7. The summed E-state index contributed by atoms with van der Waals surface area (Å²) in [5, 5.41) is 13.7. The van der Waals surface area contributed by atoms with Gasteiger partial charge in [0.2, 0.25) is 5.91 Å². The molecule has 4 amide bonds. The maximum absolute atomic E-state index is 13.1. The van der Waals surface area contributed by atoms with Crippen molar-refractivity contribution in [1.29, 1.82) is 0 Å². The minimum absolute atomic E-state index is 0.185. The predicted octanol–water partition coefficient (Wildman–Crippen LogP) is 2.34. The third-order valence-electron chi connectivity index (χ3n) is 5.61. The number of nitrogens with one attached hydrogen (secondary N) is 1. The average Bonchev–Trinajstić information content (AvgIpc) is 2.97. The number of imide groups is 1. The number of aryl methyl sites for hydroxylation is 1. The van der Waals surface area contributed by atoms with Crippen molar-refractivity contribution in [2.24, 2.45) is 0 Å². The smallest absolute Gasteiger partial charge is 0.319 e. The molecule has 154 valence electrons. The van der Waals surface area contributed by atoms with E-state index in [-0.39, 0.29) is 17.2 Å². The highest BCUT2D eigenvalue weighted by Crippen LogP contribution is 2.32.